The lowest BCUT2D eigenvalue weighted by Crippen LogP contribution is -2.45. The van der Waals surface area contributed by atoms with Gasteiger partial charge in [-0.15, -0.1) is 0 Å². The summed E-state index contributed by atoms with van der Waals surface area (Å²) in [5.41, 5.74) is 2.47. The number of hydrogen-bond donors (Lipinski definition) is 2. The molecule has 3 rings (SSSR count). The summed E-state index contributed by atoms with van der Waals surface area (Å²) >= 11 is 0. The van der Waals surface area contributed by atoms with Crippen LogP contribution in [0.1, 0.15) is 29.4 Å². The second-order valence-electron chi connectivity index (χ2n) is 7.88. The van der Waals surface area contributed by atoms with E-state index in [2.05, 4.69) is 10.4 Å². The number of nitrogens with zero attached hydrogens (tertiary/aromatic N) is 2. The topological polar surface area (TPSA) is 93.1 Å². The van der Waals surface area contributed by atoms with Crippen LogP contribution in [0.4, 0.5) is 13.2 Å². The predicted octanol–water partition coefficient (Wildman–Crippen LogP) is 3.53. The normalized spacial score (nSPS) is 13.0. The Morgan fingerprint density at radius 2 is 1.74 bits per heavy atom. The van der Waals surface area contributed by atoms with Gasteiger partial charge in [-0.3, -0.25) is 4.79 Å². The Labute approximate surface area is 196 Å². The third-order valence-electron chi connectivity index (χ3n) is 5.11. The quantitative estimate of drug-likeness (QED) is 0.501. The van der Waals surface area contributed by atoms with E-state index in [1.807, 2.05) is 53.6 Å². The highest BCUT2D eigenvalue weighted by Crippen LogP contribution is 2.33. The van der Waals surface area contributed by atoms with Gasteiger partial charge in [0.15, 0.2) is 0 Å². The maximum Gasteiger partial charge on any atom is 0.417 e. The van der Waals surface area contributed by atoms with Crippen LogP contribution in [-0.2, 0) is 27.4 Å². The zero-order valence-electron chi connectivity index (χ0n) is 18.8. The highest BCUT2D eigenvalue weighted by atomic mass is 32.2. The highest BCUT2D eigenvalue weighted by molar-refractivity contribution is 7.89. The summed E-state index contributed by atoms with van der Waals surface area (Å²) in [5, 5.41) is 7.03. The summed E-state index contributed by atoms with van der Waals surface area (Å²) in [6.07, 6.45) is -4.36. The van der Waals surface area contributed by atoms with E-state index in [1.165, 1.54) is 13.0 Å². The lowest BCUT2D eigenvalue weighted by atomic mass is 10.1. The SMILES string of the molecule is Cc1cc(C)n(-c2ccc(CCNC(=O)[C@H](C)NS(=O)(=O)c3ccccc3C(F)(F)F)cc2)n1. The number of carbonyl (C=O) groups excluding carboxylic acids is 1. The summed E-state index contributed by atoms with van der Waals surface area (Å²) in [7, 11) is -4.57. The van der Waals surface area contributed by atoms with Crippen molar-refractivity contribution in [2.75, 3.05) is 6.54 Å². The van der Waals surface area contributed by atoms with Crippen LogP contribution in [-0.4, -0.2) is 36.7 Å². The van der Waals surface area contributed by atoms with Crippen molar-refractivity contribution in [1.29, 1.82) is 0 Å². The number of rotatable bonds is 8. The second kappa shape index (κ2) is 9.98. The second-order valence-corrected chi connectivity index (χ2v) is 9.57. The van der Waals surface area contributed by atoms with Gasteiger partial charge in [-0.1, -0.05) is 24.3 Å². The summed E-state index contributed by atoms with van der Waals surface area (Å²) in [6.45, 7) is 5.37. The van der Waals surface area contributed by atoms with Gasteiger partial charge in [0.2, 0.25) is 15.9 Å². The molecular weight excluding hydrogens is 469 g/mol. The molecule has 0 unspecified atom stereocenters. The number of aromatic nitrogens is 2. The predicted molar refractivity (Wildman–Crippen MR) is 121 cm³/mol. The van der Waals surface area contributed by atoms with E-state index in [0.29, 0.717) is 12.5 Å². The maximum absolute atomic E-state index is 13.2. The first-order chi connectivity index (χ1) is 15.9. The van der Waals surface area contributed by atoms with Gasteiger partial charge in [0.1, 0.15) is 0 Å². The van der Waals surface area contributed by atoms with Crippen LogP contribution in [0.3, 0.4) is 0 Å². The first kappa shape index (κ1) is 25.4. The van der Waals surface area contributed by atoms with Crippen molar-refractivity contribution in [3.8, 4) is 5.69 Å². The van der Waals surface area contributed by atoms with Crippen molar-refractivity contribution >= 4 is 15.9 Å². The van der Waals surface area contributed by atoms with Gasteiger partial charge in [-0.2, -0.15) is 23.0 Å². The van der Waals surface area contributed by atoms with Crippen molar-refractivity contribution in [3.63, 3.8) is 0 Å². The van der Waals surface area contributed by atoms with Crippen LogP contribution < -0.4 is 10.0 Å². The average Bonchev–Trinajstić information content (AvgIpc) is 3.11. The number of aryl methyl sites for hydroxylation is 2. The molecule has 182 valence electrons. The molecule has 2 aromatic carbocycles. The molecule has 7 nitrogen and oxygen atoms in total. The summed E-state index contributed by atoms with van der Waals surface area (Å²) < 4.78 is 68.3. The van der Waals surface area contributed by atoms with Gasteiger partial charge in [0.25, 0.3) is 0 Å². The number of amides is 1. The molecule has 1 heterocycles. The molecule has 0 spiro atoms. The molecule has 11 heteroatoms. The van der Waals surface area contributed by atoms with Crippen molar-refractivity contribution in [3.05, 3.63) is 77.1 Å². The van der Waals surface area contributed by atoms with E-state index in [9.17, 15) is 26.4 Å². The minimum atomic E-state index is -4.85. The van der Waals surface area contributed by atoms with Crippen molar-refractivity contribution in [2.24, 2.45) is 0 Å². The fraction of sp³-hybridized carbons (Fsp3) is 0.304. The Kier molecular flexibility index (Phi) is 7.47. The van der Waals surface area contributed by atoms with E-state index in [1.54, 1.807) is 0 Å². The fourth-order valence-electron chi connectivity index (χ4n) is 3.46. The fourth-order valence-corrected chi connectivity index (χ4v) is 4.89. The molecule has 1 atom stereocenters. The molecule has 0 aliphatic rings. The lowest BCUT2D eigenvalue weighted by molar-refractivity contribution is -0.139. The number of nitrogens with one attached hydrogen (secondary N) is 2. The van der Waals surface area contributed by atoms with Crippen LogP contribution >= 0.6 is 0 Å². The zero-order chi connectivity index (χ0) is 25.1. The molecule has 0 bridgehead atoms. The van der Waals surface area contributed by atoms with Crippen molar-refractivity contribution < 1.29 is 26.4 Å². The monoisotopic (exact) mass is 494 g/mol. The number of hydrogen-bond acceptors (Lipinski definition) is 4. The molecule has 0 saturated carbocycles. The maximum atomic E-state index is 13.2. The van der Waals surface area contributed by atoms with Crippen molar-refractivity contribution in [1.82, 2.24) is 19.8 Å². The molecular formula is C23H25F3N4O3S. The van der Waals surface area contributed by atoms with E-state index in [-0.39, 0.29) is 6.54 Å². The van der Waals surface area contributed by atoms with E-state index >= 15 is 0 Å². The number of alkyl halides is 3. The number of carbonyl (C=O) groups is 1. The molecule has 34 heavy (non-hydrogen) atoms. The molecule has 0 saturated heterocycles. The van der Waals surface area contributed by atoms with Crippen molar-refractivity contribution in [2.45, 2.75) is 44.3 Å². The Hall–Kier alpha value is -3.18. The van der Waals surface area contributed by atoms with Gasteiger partial charge in [-0.05, 0) is 63.1 Å². The summed E-state index contributed by atoms with van der Waals surface area (Å²) in [4.78, 5) is 11.4. The number of halogens is 3. The Morgan fingerprint density at radius 1 is 1.09 bits per heavy atom. The largest absolute Gasteiger partial charge is 0.417 e. The summed E-state index contributed by atoms with van der Waals surface area (Å²) in [6, 6.07) is 12.1. The third kappa shape index (κ3) is 6.03. The van der Waals surface area contributed by atoms with Gasteiger partial charge < -0.3 is 5.32 Å². The van der Waals surface area contributed by atoms with Crippen LogP contribution in [0.15, 0.2) is 59.5 Å². The highest BCUT2D eigenvalue weighted by Gasteiger charge is 2.37. The molecule has 0 fully saturated rings. The van der Waals surface area contributed by atoms with Gasteiger partial charge in [0.05, 0.1) is 27.9 Å². The molecule has 0 aliphatic heterocycles. The van der Waals surface area contributed by atoms with E-state index in [0.717, 1.165) is 34.8 Å². The zero-order valence-corrected chi connectivity index (χ0v) is 19.7. The van der Waals surface area contributed by atoms with Crippen LogP contribution in [0, 0.1) is 13.8 Å². The molecule has 1 amide bonds. The average molecular weight is 495 g/mol. The Balaban J connectivity index is 1.57. The van der Waals surface area contributed by atoms with Crippen LogP contribution in [0.25, 0.3) is 5.69 Å². The first-order valence-electron chi connectivity index (χ1n) is 10.5. The third-order valence-corrected chi connectivity index (χ3v) is 6.71. The lowest BCUT2D eigenvalue weighted by Gasteiger charge is -2.17. The van der Waals surface area contributed by atoms with E-state index in [4.69, 9.17) is 0 Å². The molecule has 3 aromatic rings. The Bertz CT molecular complexity index is 1270. The number of benzene rings is 2. The van der Waals surface area contributed by atoms with Gasteiger partial charge >= 0.3 is 6.18 Å². The molecule has 2 N–H and O–H groups in total. The Morgan fingerprint density at radius 3 is 2.32 bits per heavy atom. The standard InChI is InChI=1S/C23H25F3N4O3S/c1-15-14-16(2)30(28-15)19-10-8-18(9-11-19)12-13-27-22(31)17(3)29-34(32,33)21-7-5-4-6-20(21)23(24,25)26/h4-11,14,17,29H,12-13H2,1-3H3,(H,27,31)/t17-/m0/s1. The molecule has 0 aliphatic carbocycles. The van der Waals surface area contributed by atoms with Gasteiger partial charge in [0, 0.05) is 12.2 Å². The van der Waals surface area contributed by atoms with Crippen LogP contribution in [0.2, 0.25) is 0 Å². The van der Waals surface area contributed by atoms with Crippen LogP contribution in [0.5, 0.6) is 0 Å². The molecule has 0 radical (unpaired) electrons. The number of sulfonamides is 1. The smallest absolute Gasteiger partial charge is 0.354 e. The minimum Gasteiger partial charge on any atom is -0.354 e. The minimum absolute atomic E-state index is 0.225. The first-order valence-corrected chi connectivity index (χ1v) is 12.0. The van der Waals surface area contributed by atoms with Gasteiger partial charge in [-0.25, -0.2) is 13.1 Å². The van der Waals surface area contributed by atoms with E-state index < -0.39 is 38.6 Å². The summed E-state index contributed by atoms with van der Waals surface area (Å²) in [5.74, 6) is -0.646. The molecule has 1 aromatic heterocycles.